The Hall–Kier alpha value is -1.90. The number of carbonyl (C=O) groups excluding carboxylic acids is 2. The number of ether oxygens (including phenoxy) is 2. The highest BCUT2D eigenvalue weighted by Gasteiger charge is 2.70. The van der Waals surface area contributed by atoms with Crippen molar-refractivity contribution in [2.24, 2.45) is 11.3 Å². The predicted molar refractivity (Wildman–Crippen MR) is 85.4 cm³/mol. The number of aromatic nitrogens is 2. The molecule has 4 atom stereocenters. The molecule has 0 aliphatic heterocycles. The van der Waals surface area contributed by atoms with Gasteiger partial charge in [-0.2, -0.15) is 0 Å². The number of nitrogens with one attached hydrogen (secondary N) is 1. The van der Waals surface area contributed by atoms with E-state index in [2.05, 4.69) is 20.9 Å². The number of esters is 2. The second kappa shape index (κ2) is 5.87. The monoisotopic (exact) mass is 400 g/mol. The molecule has 1 aromatic rings. The summed E-state index contributed by atoms with van der Waals surface area (Å²) >= 11 is 3.12. The number of hydrogen-bond acceptors (Lipinski definition) is 6. The van der Waals surface area contributed by atoms with Crippen molar-refractivity contribution in [3.8, 4) is 0 Å². The summed E-state index contributed by atoms with van der Waals surface area (Å²) in [6, 6.07) is -0.231. The fraction of sp³-hybridized carbons (Fsp3) is 0.600. The number of halogens is 1. The molecule has 8 nitrogen and oxygen atoms in total. The summed E-state index contributed by atoms with van der Waals surface area (Å²) in [7, 11) is 0. The van der Waals surface area contributed by atoms with E-state index in [4.69, 9.17) is 9.47 Å². The van der Waals surface area contributed by atoms with Crippen molar-refractivity contribution >= 4 is 27.9 Å². The molecule has 0 bridgehead atoms. The number of fused-ring (bicyclic) bond motifs is 1. The minimum Gasteiger partial charge on any atom is -0.465 e. The van der Waals surface area contributed by atoms with Gasteiger partial charge in [-0.25, -0.2) is 4.79 Å². The Kier molecular flexibility index (Phi) is 4.15. The molecular formula is C15H17BrN2O6. The molecule has 2 saturated carbocycles. The topological polar surface area (TPSA) is 107 Å². The van der Waals surface area contributed by atoms with Crippen molar-refractivity contribution in [3.63, 3.8) is 0 Å². The fourth-order valence-corrected chi connectivity index (χ4v) is 4.05. The molecule has 0 spiro atoms. The maximum atomic E-state index is 12.1. The van der Waals surface area contributed by atoms with Crippen LogP contribution >= 0.6 is 15.9 Å². The standard InChI is InChI=1S/C15H17BrN2O6/c1-7(19)23-6-15-4-9(15)11(3-12(15)24-8(2)20)18-5-10(16)13(21)17-14(18)22/h5,9,11-12H,3-4,6H2,1-2H3,(H,17,21,22)/t9-,11+,12+,15-/m1/s1. The smallest absolute Gasteiger partial charge is 0.328 e. The van der Waals surface area contributed by atoms with Crippen molar-refractivity contribution in [3.05, 3.63) is 31.5 Å². The zero-order valence-corrected chi connectivity index (χ0v) is 14.8. The van der Waals surface area contributed by atoms with Crippen LogP contribution in [0.5, 0.6) is 0 Å². The predicted octanol–water partition coefficient (Wildman–Crippen LogP) is 0.745. The molecule has 24 heavy (non-hydrogen) atoms. The summed E-state index contributed by atoms with van der Waals surface area (Å²) in [5, 5.41) is 0. The molecule has 2 aliphatic carbocycles. The second-order valence-electron chi connectivity index (χ2n) is 6.37. The summed E-state index contributed by atoms with van der Waals surface area (Å²) in [6.07, 6.45) is 2.15. The fourth-order valence-electron chi connectivity index (χ4n) is 3.73. The molecule has 0 aromatic carbocycles. The lowest BCUT2D eigenvalue weighted by Crippen LogP contribution is -2.33. The molecule has 9 heteroatoms. The van der Waals surface area contributed by atoms with Crippen molar-refractivity contribution in [2.45, 2.75) is 38.8 Å². The highest BCUT2D eigenvalue weighted by Crippen LogP contribution is 2.68. The van der Waals surface area contributed by atoms with E-state index in [1.54, 1.807) is 0 Å². The van der Waals surface area contributed by atoms with Gasteiger partial charge in [-0.05, 0) is 28.3 Å². The van der Waals surface area contributed by atoms with Crippen molar-refractivity contribution in [1.82, 2.24) is 9.55 Å². The largest absolute Gasteiger partial charge is 0.465 e. The maximum Gasteiger partial charge on any atom is 0.328 e. The average Bonchev–Trinajstić information content (AvgIpc) is 3.14. The molecule has 0 unspecified atom stereocenters. The normalized spacial score (nSPS) is 30.5. The van der Waals surface area contributed by atoms with Crippen molar-refractivity contribution < 1.29 is 19.1 Å². The molecule has 3 rings (SSSR count). The lowest BCUT2D eigenvalue weighted by atomic mass is 10.0. The number of aromatic amines is 1. The van der Waals surface area contributed by atoms with E-state index >= 15 is 0 Å². The minimum atomic E-state index is -0.509. The van der Waals surface area contributed by atoms with Gasteiger partial charge in [0.1, 0.15) is 12.7 Å². The SMILES string of the molecule is CC(=O)OC[C@]12C[C@@H]1[C@@H](n1cc(Br)c(=O)[nH]c1=O)C[C@@H]2OC(C)=O. The molecular weight excluding hydrogens is 384 g/mol. The summed E-state index contributed by atoms with van der Waals surface area (Å²) < 4.78 is 12.3. The summed E-state index contributed by atoms with van der Waals surface area (Å²) in [4.78, 5) is 48.4. The highest BCUT2D eigenvalue weighted by molar-refractivity contribution is 9.10. The van der Waals surface area contributed by atoms with E-state index in [1.165, 1.54) is 24.6 Å². The van der Waals surface area contributed by atoms with Gasteiger partial charge in [0.15, 0.2) is 0 Å². The molecule has 0 radical (unpaired) electrons. The molecule has 1 heterocycles. The van der Waals surface area contributed by atoms with Crippen molar-refractivity contribution in [1.29, 1.82) is 0 Å². The van der Waals surface area contributed by atoms with Crippen LogP contribution in [0.3, 0.4) is 0 Å². The lowest BCUT2D eigenvalue weighted by Gasteiger charge is -2.23. The molecule has 1 N–H and O–H groups in total. The van der Waals surface area contributed by atoms with Gasteiger partial charge in [0.2, 0.25) is 0 Å². The van der Waals surface area contributed by atoms with Crippen LogP contribution in [0, 0.1) is 11.3 Å². The van der Waals surface area contributed by atoms with E-state index in [9.17, 15) is 19.2 Å². The van der Waals surface area contributed by atoms with Crippen LogP contribution in [0.4, 0.5) is 0 Å². The van der Waals surface area contributed by atoms with Gasteiger partial charge in [-0.1, -0.05) is 0 Å². The summed E-state index contributed by atoms with van der Waals surface area (Å²) in [5.74, 6) is -0.774. The van der Waals surface area contributed by atoms with Gasteiger partial charge >= 0.3 is 17.6 Å². The number of rotatable bonds is 4. The molecule has 0 amide bonds. The Morgan fingerprint density at radius 3 is 2.71 bits per heavy atom. The molecule has 0 saturated heterocycles. The third-order valence-electron chi connectivity index (χ3n) is 4.87. The van der Waals surface area contributed by atoms with Crippen molar-refractivity contribution in [2.75, 3.05) is 6.61 Å². The van der Waals surface area contributed by atoms with E-state index in [1.807, 2.05) is 0 Å². The number of carbonyl (C=O) groups is 2. The van der Waals surface area contributed by atoms with Crippen LogP contribution in [0.25, 0.3) is 0 Å². The third-order valence-corrected chi connectivity index (χ3v) is 5.44. The Morgan fingerprint density at radius 1 is 1.38 bits per heavy atom. The molecule has 2 aliphatic rings. The van der Waals surface area contributed by atoms with E-state index in [-0.39, 0.29) is 23.0 Å². The average molecular weight is 401 g/mol. The first-order chi connectivity index (χ1) is 11.2. The Labute approximate surface area is 145 Å². The van der Waals surface area contributed by atoms with Gasteiger partial charge < -0.3 is 9.47 Å². The van der Waals surface area contributed by atoms with Crippen LogP contribution in [-0.2, 0) is 19.1 Å². The minimum absolute atomic E-state index is 0.0386. The van der Waals surface area contributed by atoms with Crippen LogP contribution in [0.15, 0.2) is 20.3 Å². The van der Waals surface area contributed by atoms with Gasteiger partial charge in [-0.15, -0.1) is 0 Å². The second-order valence-corrected chi connectivity index (χ2v) is 7.22. The van der Waals surface area contributed by atoms with Crippen LogP contribution in [0.2, 0.25) is 0 Å². The van der Waals surface area contributed by atoms with E-state index in [0.29, 0.717) is 12.8 Å². The molecule has 2 fully saturated rings. The van der Waals surface area contributed by atoms with Crippen LogP contribution in [-0.4, -0.2) is 34.2 Å². The Balaban J connectivity index is 1.91. The van der Waals surface area contributed by atoms with E-state index < -0.39 is 34.7 Å². The number of nitrogens with zero attached hydrogens (tertiary/aromatic N) is 1. The van der Waals surface area contributed by atoms with Gasteiger partial charge in [-0.3, -0.25) is 23.9 Å². The van der Waals surface area contributed by atoms with Crippen LogP contribution in [0.1, 0.15) is 32.7 Å². The Bertz CT molecular complexity index is 815. The number of hydrogen-bond donors (Lipinski definition) is 1. The van der Waals surface area contributed by atoms with Gasteiger partial charge in [0.05, 0.1) is 4.47 Å². The van der Waals surface area contributed by atoms with Gasteiger partial charge in [0.25, 0.3) is 5.56 Å². The summed E-state index contributed by atoms with van der Waals surface area (Å²) in [6.45, 7) is 2.80. The first-order valence-corrected chi connectivity index (χ1v) is 8.35. The first kappa shape index (κ1) is 16.9. The quantitative estimate of drug-likeness (QED) is 0.746. The molecule has 130 valence electrons. The van der Waals surface area contributed by atoms with Crippen LogP contribution < -0.4 is 11.2 Å². The Morgan fingerprint density at radius 2 is 2.08 bits per heavy atom. The number of H-pyrrole nitrogens is 1. The highest BCUT2D eigenvalue weighted by atomic mass is 79.9. The summed E-state index contributed by atoms with van der Waals surface area (Å²) in [5.41, 5.74) is -1.46. The van der Waals surface area contributed by atoms with E-state index in [0.717, 1.165) is 0 Å². The first-order valence-electron chi connectivity index (χ1n) is 7.56. The third kappa shape index (κ3) is 2.81. The zero-order valence-electron chi connectivity index (χ0n) is 13.2. The lowest BCUT2D eigenvalue weighted by molar-refractivity contribution is -0.153. The maximum absolute atomic E-state index is 12.1. The zero-order chi connectivity index (χ0) is 17.6. The molecule has 1 aromatic heterocycles. The van der Waals surface area contributed by atoms with Gasteiger partial charge in [0, 0.05) is 37.9 Å².